The SMILES string of the molecule is O=C(Cc1coc(-c2ccccc2)n1)Nc1nc2ccccc2[nH]1. The molecule has 0 radical (unpaired) electrons. The molecule has 2 aromatic carbocycles. The zero-order valence-electron chi connectivity index (χ0n) is 12.7. The Balaban J connectivity index is 1.45. The van der Waals surface area contributed by atoms with Crippen molar-refractivity contribution >= 4 is 22.9 Å². The Bertz CT molecular complexity index is 955. The standard InChI is InChI=1S/C18H14N4O2/c23-16(22-18-20-14-8-4-5-9-15(14)21-18)10-13-11-24-17(19-13)12-6-2-1-3-7-12/h1-9,11H,10H2,(H2,20,21,22,23). The van der Waals surface area contributed by atoms with Gasteiger partial charge in [0, 0.05) is 5.56 Å². The van der Waals surface area contributed by atoms with Gasteiger partial charge in [-0.05, 0) is 24.3 Å². The molecule has 0 aliphatic rings. The molecular weight excluding hydrogens is 304 g/mol. The summed E-state index contributed by atoms with van der Waals surface area (Å²) in [5, 5.41) is 2.74. The minimum absolute atomic E-state index is 0.118. The number of amides is 1. The van der Waals surface area contributed by atoms with Crippen molar-refractivity contribution in [3.8, 4) is 11.5 Å². The van der Waals surface area contributed by atoms with E-state index >= 15 is 0 Å². The molecule has 0 saturated carbocycles. The molecule has 118 valence electrons. The largest absolute Gasteiger partial charge is 0.444 e. The highest BCUT2D eigenvalue weighted by molar-refractivity contribution is 5.92. The molecule has 4 aromatic rings. The molecule has 1 amide bonds. The first-order valence-electron chi connectivity index (χ1n) is 7.52. The van der Waals surface area contributed by atoms with Crippen LogP contribution in [0, 0.1) is 0 Å². The van der Waals surface area contributed by atoms with Gasteiger partial charge in [0.05, 0.1) is 23.1 Å². The van der Waals surface area contributed by atoms with Crippen molar-refractivity contribution in [3.05, 3.63) is 66.6 Å². The monoisotopic (exact) mass is 318 g/mol. The molecule has 2 heterocycles. The summed E-state index contributed by atoms with van der Waals surface area (Å²) in [6.07, 6.45) is 1.62. The zero-order chi connectivity index (χ0) is 16.4. The molecule has 24 heavy (non-hydrogen) atoms. The second-order valence-corrected chi connectivity index (χ2v) is 5.34. The normalized spacial score (nSPS) is 10.8. The number of fused-ring (bicyclic) bond motifs is 1. The van der Waals surface area contributed by atoms with Crippen LogP contribution in [0.2, 0.25) is 0 Å². The first-order chi connectivity index (χ1) is 11.8. The summed E-state index contributed by atoms with van der Waals surface area (Å²) in [4.78, 5) is 23.9. The van der Waals surface area contributed by atoms with Crippen molar-refractivity contribution in [1.82, 2.24) is 15.0 Å². The van der Waals surface area contributed by atoms with Gasteiger partial charge in [0.25, 0.3) is 0 Å². The van der Waals surface area contributed by atoms with E-state index in [1.807, 2.05) is 54.6 Å². The number of rotatable bonds is 4. The number of nitrogens with one attached hydrogen (secondary N) is 2. The van der Waals surface area contributed by atoms with Crippen molar-refractivity contribution in [2.45, 2.75) is 6.42 Å². The molecule has 6 nitrogen and oxygen atoms in total. The molecule has 0 fully saturated rings. The lowest BCUT2D eigenvalue weighted by atomic mass is 10.2. The van der Waals surface area contributed by atoms with Gasteiger partial charge in [-0.25, -0.2) is 9.97 Å². The van der Waals surface area contributed by atoms with E-state index in [0.717, 1.165) is 16.6 Å². The number of imidazole rings is 1. The highest BCUT2D eigenvalue weighted by atomic mass is 16.3. The molecule has 0 unspecified atom stereocenters. The molecule has 0 aliphatic carbocycles. The second kappa shape index (κ2) is 6.00. The van der Waals surface area contributed by atoms with E-state index in [4.69, 9.17) is 4.42 Å². The molecule has 2 aromatic heterocycles. The molecule has 0 spiro atoms. The molecular formula is C18H14N4O2. The third-order valence-electron chi connectivity index (χ3n) is 3.56. The summed E-state index contributed by atoms with van der Waals surface area (Å²) in [6.45, 7) is 0. The van der Waals surface area contributed by atoms with Gasteiger partial charge in [0.15, 0.2) is 0 Å². The Morgan fingerprint density at radius 2 is 1.83 bits per heavy atom. The summed E-state index contributed by atoms with van der Waals surface area (Å²) in [5.41, 5.74) is 3.13. The van der Waals surface area contributed by atoms with Crippen LogP contribution < -0.4 is 5.32 Å². The Labute approximate surface area is 137 Å². The minimum atomic E-state index is -0.207. The van der Waals surface area contributed by atoms with Gasteiger partial charge in [-0.2, -0.15) is 0 Å². The Kier molecular flexibility index (Phi) is 3.55. The van der Waals surface area contributed by atoms with E-state index in [0.29, 0.717) is 17.5 Å². The number of anilines is 1. The van der Waals surface area contributed by atoms with Gasteiger partial charge >= 0.3 is 0 Å². The van der Waals surface area contributed by atoms with Crippen LogP contribution >= 0.6 is 0 Å². The average molecular weight is 318 g/mol. The molecule has 0 atom stereocenters. The third kappa shape index (κ3) is 2.89. The molecule has 0 saturated heterocycles. The number of aromatic nitrogens is 3. The molecule has 4 rings (SSSR count). The van der Waals surface area contributed by atoms with Crippen LogP contribution in [0.4, 0.5) is 5.95 Å². The first kappa shape index (κ1) is 14.2. The predicted octanol–water partition coefficient (Wildman–Crippen LogP) is 3.40. The smallest absolute Gasteiger partial charge is 0.232 e. The van der Waals surface area contributed by atoms with Crippen LogP contribution in [-0.2, 0) is 11.2 Å². The van der Waals surface area contributed by atoms with Gasteiger partial charge in [-0.1, -0.05) is 30.3 Å². The van der Waals surface area contributed by atoms with Crippen LogP contribution in [0.5, 0.6) is 0 Å². The fourth-order valence-corrected chi connectivity index (χ4v) is 2.45. The second-order valence-electron chi connectivity index (χ2n) is 5.34. The van der Waals surface area contributed by atoms with Crippen LogP contribution in [0.15, 0.2) is 65.3 Å². The summed E-state index contributed by atoms with van der Waals surface area (Å²) in [5.74, 6) is 0.720. The summed E-state index contributed by atoms with van der Waals surface area (Å²) in [7, 11) is 0. The highest BCUT2D eigenvalue weighted by Gasteiger charge is 2.12. The molecule has 0 aliphatic heterocycles. The maximum Gasteiger partial charge on any atom is 0.232 e. The van der Waals surface area contributed by atoms with Gasteiger partial charge in [0.2, 0.25) is 17.7 Å². The minimum Gasteiger partial charge on any atom is -0.444 e. The zero-order valence-corrected chi connectivity index (χ0v) is 12.7. The fraction of sp³-hybridized carbons (Fsp3) is 0.0556. The summed E-state index contributed by atoms with van der Waals surface area (Å²) >= 11 is 0. The van der Waals surface area contributed by atoms with E-state index in [1.165, 1.54) is 6.26 Å². The van der Waals surface area contributed by atoms with Gasteiger partial charge in [-0.15, -0.1) is 0 Å². The number of carbonyl (C=O) groups excluding carboxylic acids is 1. The van der Waals surface area contributed by atoms with E-state index in [9.17, 15) is 4.79 Å². The maximum atomic E-state index is 12.2. The average Bonchev–Trinajstić information content (AvgIpc) is 3.21. The number of oxazole rings is 1. The van der Waals surface area contributed by atoms with Crippen molar-refractivity contribution in [2.75, 3.05) is 5.32 Å². The number of hydrogen-bond donors (Lipinski definition) is 2. The van der Waals surface area contributed by atoms with Crippen LogP contribution in [0.25, 0.3) is 22.5 Å². The number of nitrogens with zero attached hydrogens (tertiary/aromatic N) is 2. The number of carbonyl (C=O) groups is 1. The lowest BCUT2D eigenvalue weighted by molar-refractivity contribution is -0.115. The van der Waals surface area contributed by atoms with Crippen molar-refractivity contribution < 1.29 is 9.21 Å². The maximum absolute atomic E-state index is 12.2. The highest BCUT2D eigenvalue weighted by Crippen LogP contribution is 2.18. The number of aromatic amines is 1. The Hall–Kier alpha value is -3.41. The van der Waals surface area contributed by atoms with Gasteiger partial charge < -0.3 is 9.40 Å². The van der Waals surface area contributed by atoms with Gasteiger partial charge in [-0.3, -0.25) is 10.1 Å². The Morgan fingerprint density at radius 1 is 1.04 bits per heavy atom. The number of hydrogen-bond acceptors (Lipinski definition) is 4. The third-order valence-corrected chi connectivity index (χ3v) is 3.56. The van der Waals surface area contributed by atoms with Crippen LogP contribution in [0.3, 0.4) is 0 Å². The van der Waals surface area contributed by atoms with E-state index in [1.54, 1.807) is 0 Å². The fourth-order valence-electron chi connectivity index (χ4n) is 2.45. The summed E-state index contributed by atoms with van der Waals surface area (Å²) < 4.78 is 5.44. The molecule has 2 N–H and O–H groups in total. The van der Waals surface area contributed by atoms with Crippen molar-refractivity contribution in [3.63, 3.8) is 0 Å². The lowest BCUT2D eigenvalue weighted by Gasteiger charge is -1.98. The number of H-pyrrole nitrogens is 1. The molecule has 6 heteroatoms. The van der Waals surface area contributed by atoms with Gasteiger partial charge in [0.1, 0.15) is 6.26 Å². The van der Waals surface area contributed by atoms with Crippen LogP contribution in [0.1, 0.15) is 5.69 Å². The van der Waals surface area contributed by atoms with Crippen LogP contribution in [-0.4, -0.2) is 20.9 Å². The van der Waals surface area contributed by atoms with E-state index < -0.39 is 0 Å². The Morgan fingerprint density at radius 3 is 2.67 bits per heavy atom. The topological polar surface area (TPSA) is 83.8 Å². The number of para-hydroxylation sites is 2. The number of benzene rings is 2. The quantitative estimate of drug-likeness (QED) is 0.604. The van der Waals surface area contributed by atoms with E-state index in [2.05, 4.69) is 20.3 Å². The van der Waals surface area contributed by atoms with Crippen molar-refractivity contribution in [1.29, 1.82) is 0 Å². The first-order valence-corrected chi connectivity index (χ1v) is 7.52. The predicted molar refractivity (Wildman–Crippen MR) is 90.4 cm³/mol. The van der Waals surface area contributed by atoms with E-state index in [-0.39, 0.29) is 12.3 Å². The summed E-state index contributed by atoms with van der Waals surface area (Å²) in [6, 6.07) is 17.2. The molecule has 0 bridgehead atoms. The van der Waals surface area contributed by atoms with Crippen molar-refractivity contribution in [2.24, 2.45) is 0 Å². The lowest BCUT2D eigenvalue weighted by Crippen LogP contribution is -2.15.